The van der Waals surface area contributed by atoms with Gasteiger partial charge in [-0.3, -0.25) is 0 Å². The van der Waals surface area contributed by atoms with Crippen LogP contribution in [0.4, 0.5) is 5.82 Å². The number of rotatable bonds is 4. The van der Waals surface area contributed by atoms with Crippen molar-refractivity contribution in [3.8, 4) is 0 Å². The van der Waals surface area contributed by atoms with Gasteiger partial charge in [0.05, 0.1) is 0 Å². The molecule has 0 saturated heterocycles. The Hall–Kier alpha value is -0.610. The van der Waals surface area contributed by atoms with Gasteiger partial charge in [-0.05, 0) is 23.9 Å². The standard InChI is InChI=1S/C9H12Cl2N4/c10-7-8(13-9(11)15-14-7)12-5-4-6-2-1-3-6/h6H,1-5H2,(H,12,13,15). The number of hydrogen-bond acceptors (Lipinski definition) is 4. The lowest BCUT2D eigenvalue weighted by Crippen LogP contribution is -2.16. The summed E-state index contributed by atoms with van der Waals surface area (Å²) < 4.78 is 0. The Morgan fingerprint density at radius 1 is 1.27 bits per heavy atom. The summed E-state index contributed by atoms with van der Waals surface area (Å²) in [6.07, 6.45) is 5.21. The third kappa shape index (κ3) is 2.92. The normalized spacial score (nSPS) is 16.1. The van der Waals surface area contributed by atoms with E-state index in [0.717, 1.165) is 18.9 Å². The highest BCUT2D eigenvalue weighted by Crippen LogP contribution is 2.29. The number of halogens is 2. The van der Waals surface area contributed by atoms with E-state index in [1.807, 2.05) is 0 Å². The van der Waals surface area contributed by atoms with Crippen molar-refractivity contribution >= 4 is 29.0 Å². The van der Waals surface area contributed by atoms with Crippen LogP contribution in [0.25, 0.3) is 0 Å². The second-order valence-corrected chi connectivity index (χ2v) is 4.43. The summed E-state index contributed by atoms with van der Waals surface area (Å²) in [5.41, 5.74) is 0. The highest BCUT2D eigenvalue weighted by atomic mass is 35.5. The van der Waals surface area contributed by atoms with E-state index in [1.54, 1.807) is 0 Å². The van der Waals surface area contributed by atoms with Crippen LogP contribution in [-0.4, -0.2) is 21.7 Å². The summed E-state index contributed by atoms with van der Waals surface area (Å²) >= 11 is 11.4. The molecule has 0 radical (unpaired) electrons. The highest BCUT2D eigenvalue weighted by molar-refractivity contribution is 6.32. The fourth-order valence-electron chi connectivity index (χ4n) is 1.58. The molecule has 82 valence electrons. The van der Waals surface area contributed by atoms with Gasteiger partial charge in [0.1, 0.15) is 0 Å². The lowest BCUT2D eigenvalue weighted by molar-refractivity contribution is 0.303. The molecule has 0 spiro atoms. The first-order valence-corrected chi connectivity index (χ1v) is 5.81. The third-order valence-electron chi connectivity index (χ3n) is 2.69. The molecular formula is C9H12Cl2N4. The second kappa shape index (κ2) is 4.94. The summed E-state index contributed by atoms with van der Waals surface area (Å²) in [4.78, 5) is 3.96. The van der Waals surface area contributed by atoms with Crippen LogP contribution in [0.5, 0.6) is 0 Å². The molecule has 0 unspecified atom stereocenters. The van der Waals surface area contributed by atoms with Crippen LogP contribution in [0.15, 0.2) is 0 Å². The number of aromatic nitrogens is 3. The zero-order valence-electron chi connectivity index (χ0n) is 8.21. The minimum Gasteiger partial charge on any atom is -0.367 e. The van der Waals surface area contributed by atoms with Crippen molar-refractivity contribution < 1.29 is 0 Å². The first-order valence-electron chi connectivity index (χ1n) is 5.05. The predicted molar refractivity (Wildman–Crippen MR) is 60.3 cm³/mol. The molecule has 1 aromatic heterocycles. The molecule has 0 amide bonds. The van der Waals surface area contributed by atoms with Gasteiger partial charge >= 0.3 is 0 Å². The maximum atomic E-state index is 5.80. The second-order valence-electron chi connectivity index (χ2n) is 3.73. The zero-order chi connectivity index (χ0) is 10.7. The van der Waals surface area contributed by atoms with E-state index in [-0.39, 0.29) is 10.4 Å². The average Bonchev–Trinajstić information content (AvgIpc) is 2.15. The Morgan fingerprint density at radius 2 is 2.07 bits per heavy atom. The molecule has 4 nitrogen and oxygen atoms in total. The van der Waals surface area contributed by atoms with Crippen LogP contribution < -0.4 is 5.32 Å². The van der Waals surface area contributed by atoms with Crippen LogP contribution >= 0.6 is 23.2 Å². The molecule has 0 bridgehead atoms. The monoisotopic (exact) mass is 246 g/mol. The quantitative estimate of drug-likeness (QED) is 0.888. The first-order chi connectivity index (χ1) is 7.25. The molecule has 1 saturated carbocycles. The van der Waals surface area contributed by atoms with Gasteiger partial charge in [0.2, 0.25) is 5.28 Å². The summed E-state index contributed by atoms with van der Waals surface area (Å²) in [6.45, 7) is 0.861. The van der Waals surface area contributed by atoms with Crippen molar-refractivity contribution in [1.82, 2.24) is 15.2 Å². The molecule has 2 rings (SSSR count). The van der Waals surface area contributed by atoms with Crippen LogP contribution in [0.3, 0.4) is 0 Å². The van der Waals surface area contributed by atoms with Gasteiger partial charge in [0.15, 0.2) is 11.0 Å². The topological polar surface area (TPSA) is 50.7 Å². The largest absolute Gasteiger partial charge is 0.367 e. The molecule has 1 heterocycles. The van der Waals surface area contributed by atoms with E-state index < -0.39 is 0 Å². The van der Waals surface area contributed by atoms with E-state index in [2.05, 4.69) is 20.5 Å². The van der Waals surface area contributed by atoms with Gasteiger partial charge in [0.25, 0.3) is 0 Å². The fourth-order valence-corrected chi connectivity index (χ4v) is 1.85. The molecular weight excluding hydrogens is 235 g/mol. The first kappa shape index (κ1) is 10.9. The Balaban J connectivity index is 1.83. The van der Waals surface area contributed by atoms with Crippen molar-refractivity contribution in [2.75, 3.05) is 11.9 Å². The number of hydrogen-bond donors (Lipinski definition) is 1. The van der Waals surface area contributed by atoms with E-state index in [9.17, 15) is 0 Å². The summed E-state index contributed by atoms with van der Waals surface area (Å²) in [6, 6.07) is 0. The fraction of sp³-hybridized carbons (Fsp3) is 0.667. The Bertz CT molecular complexity index is 341. The molecule has 0 aliphatic heterocycles. The van der Waals surface area contributed by atoms with Crippen molar-refractivity contribution in [3.05, 3.63) is 10.4 Å². The van der Waals surface area contributed by atoms with Crippen LogP contribution in [0.2, 0.25) is 10.4 Å². The number of nitrogens with one attached hydrogen (secondary N) is 1. The molecule has 1 aliphatic carbocycles. The molecule has 1 fully saturated rings. The number of anilines is 1. The van der Waals surface area contributed by atoms with Gasteiger partial charge in [-0.1, -0.05) is 30.9 Å². The van der Waals surface area contributed by atoms with Crippen LogP contribution in [0.1, 0.15) is 25.7 Å². The SMILES string of the molecule is Clc1nnc(Cl)c(NCCC2CCC2)n1. The van der Waals surface area contributed by atoms with Crippen LogP contribution in [-0.2, 0) is 0 Å². The minimum absolute atomic E-state index is 0.116. The Labute approximate surface area is 98.4 Å². The van der Waals surface area contributed by atoms with Crippen molar-refractivity contribution in [3.63, 3.8) is 0 Å². The summed E-state index contributed by atoms with van der Waals surface area (Å²) in [5, 5.41) is 10.7. The Kier molecular flexibility index (Phi) is 3.59. The molecule has 6 heteroatoms. The van der Waals surface area contributed by atoms with Crippen LogP contribution in [0, 0.1) is 5.92 Å². The maximum Gasteiger partial charge on any atom is 0.245 e. The van der Waals surface area contributed by atoms with Gasteiger partial charge in [-0.2, -0.15) is 4.98 Å². The molecule has 1 N–H and O–H groups in total. The molecule has 1 aromatic rings. The van der Waals surface area contributed by atoms with Crippen molar-refractivity contribution in [2.24, 2.45) is 5.92 Å². The molecule has 15 heavy (non-hydrogen) atoms. The van der Waals surface area contributed by atoms with Gasteiger partial charge in [-0.25, -0.2) is 0 Å². The predicted octanol–water partition coefficient (Wildman–Crippen LogP) is 2.78. The summed E-state index contributed by atoms with van der Waals surface area (Å²) in [5.74, 6) is 1.39. The summed E-state index contributed by atoms with van der Waals surface area (Å²) in [7, 11) is 0. The number of nitrogens with zero attached hydrogens (tertiary/aromatic N) is 3. The average molecular weight is 247 g/mol. The Morgan fingerprint density at radius 3 is 2.73 bits per heavy atom. The van der Waals surface area contributed by atoms with Gasteiger partial charge in [0, 0.05) is 6.54 Å². The van der Waals surface area contributed by atoms with E-state index in [1.165, 1.54) is 19.3 Å². The lowest BCUT2D eigenvalue weighted by atomic mass is 9.83. The smallest absolute Gasteiger partial charge is 0.245 e. The van der Waals surface area contributed by atoms with Crippen molar-refractivity contribution in [2.45, 2.75) is 25.7 Å². The van der Waals surface area contributed by atoms with E-state index >= 15 is 0 Å². The highest BCUT2D eigenvalue weighted by Gasteiger charge is 2.16. The van der Waals surface area contributed by atoms with E-state index in [4.69, 9.17) is 23.2 Å². The van der Waals surface area contributed by atoms with Gasteiger partial charge in [-0.15, -0.1) is 10.2 Å². The third-order valence-corrected chi connectivity index (χ3v) is 3.10. The maximum absolute atomic E-state index is 5.80. The van der Waals surface area contributed by atoms with Gasteiger partial charge < -0.3 is 5.32 Å². The minimum atomic E-state index is 0.116. The zero-order valence-corrected chi connectivity index (χ0v) is 9.72. The van der Waals surface area contributed by atoms with E-state index in [0.29, 0.717) is 5.82 Å². The lowest BCUT2D eigenvalue weighted by Gasteiger charge is -2.25. The van der Waals surface area contributed by atoms with Crippen molar-refractivity contribution in [1.29, 1.82) is 0 Å². The molecule has 1 aliphatic rings. The molecule has 0 atom stereocenters. The molecule has 0 aromatic carbocycles.